The first-order valence-corrected chi connectivity index (χ1v) is 4.46. The van der Waals surface area contributed by atoms with E-state index in [4.69, 9.17) is 0 Å². The summed E-state index contributed by atoms with van der Waals surface area (Å²) in [6.07, 6.45) is 1.93. The Morgan fingerprint density at radius 2 is 2.45 bits per heavy atom. The molecule has 0 saturated carbocycles. The summed E-state index contributed by atoms with van der Waals surface area (Å²) < 4.78 is 4.65. The molecular weight excluding hydrogens is 164 g/mol. The molecule has 60 valence electrons. The van der Waals surface area contributed by atoms with Gasteiger partial charge in [-0.3, -0.25) is 4.79 Å². The van der Waals surface area contributed by atoms with Crippen LogP contribution in [0.5, 0.6) is 0 Å². The molecule has 5 heteroatoms. The van der Waals surface area contributed by atoms with E-state index in [2.05, 4.69) is 14.7 Å². The van der Waals surface area contributed by atoms with Gasteiger partial charge in [-0.15, -0.1) is 0 Å². The lowest BCUT2D eigenvalue weighted by Gasteiger charge is -1.82. The third-order valence-electron chi connectivity index (χ3n) is 1.04. The second-order valence-electron chi connectivity index (χ2n) is 2.00. The van der Waals surface area contributed by atoms with Crippen LogP contribution in [0.25, 0.3) is 0 Å². The molecule has 0 aliphatic heterocycles. The number of nitrogens with zero attached hydrogens (tertiary/aromatic N) is 2. The SMILES string of the molecule is CSCc1noc(C(C)=O)n1. The van der Waals surface area contributed by atoms with E-state index in [1.807, 2.05) is 6.26 Å². The minimum atomic E-state index is -0.190. The van der Waals surface area contributed by atoms with Crippen molar-refractivity contribution in [3.63, 3.8) is 0 Å². The summed E-state index contributed by atoms with van der Waals surface area (Å²) in [5, 5.41) is 3.60. The quantitative estimate of drug-likeness (QED) is 0.640. The van der Waals surface area contributed by atoms with Gasteiger partial charge in [-0.2, -0.15) is 16.7 Å². The summed E-state index contributed by atoms with van der Waals surface area (Å²) in [7, 11) is 0. The van der Waals surface area contributed by atoms with Crippen LogP contribution in [0.1, 0.15) is 23.4 Å². The average Bonchev–Trinajstić information content (AvgIpc) is 2.37. The number of Topliss-reactive ketones (excluding diaryl/α,β-unsaturated/α-hetero) is 1. The molecule has 0 atom stereocenters. The lowest BCUT2D eigenvalue weighted by atomic mass is 10.4. The number of hydrogen-bond acceptors (Lipinski definition) is 5. The van der Waals surface area contributed by atoms with Gasteiger partial charge in [0.05, 0.1) is 5.75 Å². The summed E-state index contributed by atoms with van der Waals surface area (Å²) in [4.78, 5) is 14.5. The van der Waals surface area contributed by atoms with Gasteiger partial charge in [0.1, 0.15) is 0 Å². The van der Waals surface area contributed by atoms with Gasteiger partial charge >= 0.3 is 0 Å². The lowest BCUT2D eigenvalue weighted by Crippen LogP contribution is -1.91. The topological polar surface area (TPSA) is 56.0 Å². The highest BCUT2D eigenvalue weighted by atomic mass is 32.2. The van der Waals surface area contributed by atoms with Crippen molar-refractivity contribution in [1.29, 1.82) is 0 Å². The molecule has 1 aromatic heterocycles. The van der Waals surface area contributed by atoms with Crippen molar-refractivity contribution < 1.29 is 9.32 Å². The highest BCUT2D eigenvalue weighted by Gasteiger charge is 2.08. The van der Waals surface area contributed by atoms with Crippen molar-refractivity contribution >= 4 is 17.5 Å². The van der Waals surface area contributed by atoms with Crippen LogP contribution in [0.4, 0.5) is 0 Å². The molecule has 0 aromatic carbocycles. The summed E-state index contributed by atoms with van der Waals surface area (Å²) >= 11 is 1.58. The summed E-state index contributed by atoms with van der Waals surface area (Å²) in [6, 6.07) is 0. The first-order chi connectivity index (χ1) is 5.24. The third kappa shape index (κ3) is 2.04. The molecule has 0 amide bonds. The highest BCUT2D eigenvalue weighted by Crippen LogP contribution is 2.05. The number of ketones is 1. The zero-order valence-corrected chi connectivity index (χ0v) is 7.14. The molecule has 0 unspecified atom stereocenters. The fraction of sp³-hybridized carbons (Fsp3) is 0.500. The number of aromatic nitrogens is 2. The van der Waals surface area contributed by atoms with Crippen molar-refractivity contribution in [2.45, 2.75) is 12.7 Å². The molecule has 0 spiro atoms. The van der Waals surface area contributed by atoms with Crippen molar-refractivity contribution in [1.82, 2.24) is 10.1 Å². The van der Waals surface area contributed by atoms with Crippen LogP contribution >= 0.6 is 11.8 Å². The molecule has 11 heavy (non-hydrogen) atoms. The van der Waals surface area contributed by atoms with Crippen LogP contribution in [0.2, 0.25) is 0 Å². The van der Waals surface area contributed by atoms with Gasteiger partial charge in [0.15, 0.2) is 5.82 Å². The molecule has 1 rings (SSSR count). The molecule has 0 fully saturated rings. The van der Waals surface area contributed by atoms with Crippen molar-refractivity contribution in [2.75, 3.05) is 6.26 Å². The van der Waals surface area contributed by atoms with E-state index in [1.54, 1.807) is 11.8 Å². The molecule has 0 aliphatic carbocycles. The lowest BCUT2D eigenvalue weighted by molar-refractivity contribution is 0.0972. The molecule has 0 N–H and O–H groups in total. The maximum Gasteiger partial charge on any atom is 0.293 e. The zero-order valence-electron chi connectivity index (χ0n) is 6.33. The fourth-order valence-electron chi connectivity index (χ4n) is 0.585. The van der Waals surface area contributed by atoms with E-state index in [9.17, 15) is 4.79 Å². The number of rotatable bonds is 3. The van der Waals surface area contributed by atoms with Gasteiger partial charge in [-0.1, -0.05) is 5.16 Å². The van der Waals surface area contributed by atoms with Gasteiger partial charge < -0.3 is 4.52 Å². The maximum absolute atomic E-state index is 10.7. The molecule has 0 bridgehead atoms. The molecule has 0 aliphatic rings. The van der Waals surface area contributed by atoms with E-state index in [0.29, 0.717) is 11.6 Å². The second-order valence-corrected chi connectivity index (χ2v) is 2.87. The summed E-state index contributed by atoms with van der Waals surface area (Å²) in [5.74, 6) is 1.15. The van der Waals surface area contributed by atoms with Crippen LogP contribution in [-0.2, 0) is 5.75 Å². The predicted molar refractivity (Wildman–Crippen MR) is 41.5 cm³/mol. The minimum absolute atomic E-state index is 0.0917. The Balaban J connectivity index is 2.73. The zero-order chi connectivity index (χ0) is 8.27. The molecule has 4 nitrogen and oxygen atoms in total. The highest BCUT2D eigenvalue weighted by molar-refractivity contribution is 7.97. The van der Waals surface area contributed by atoms with E-state index >= 15 is 0 Å². The third-order valence-corrected chi connectivity index (χ3v) is 1.59. The van der Waals surface area contributed by atoms with Gasteiger partial charge in [0.2, 0.25) is 5.78 Å². The van der Waals surface area contributed by atoms with E-state index < -0.39 is 0 Å². The Kier molecular flexibility index (Phi) is 2.64. The Morgan fingerprint density at radius 3 is 2.91 bits per heavy atom. The fourth-order valence-corrected chi connectivity index (χ4v) is 0.960. The van der Waals surface area contributed by atoms with Crippen molar-refractivity contribution in [3.8, 4) is 0 Å². The second kappa shape index (κ2) is 3.52. The van der Waals surface area contributed by atoms with Crippen LogP contribution in [0, 0.1) is 0 Å². The van der Waals surface area contributed by atoms with Gasteiger partial charge in [-0.05, 0) is 6.26 Å². The van der Waals surface area contributed by atoms with Crippen LogP contribution in [-0.4, -0.2) is 22.2 Å². The Morgan fingerprint density at radius 1 is 1.73 bits per heavy atom. The summed E-state index contributed by atoms with van der Waals surface area (Å²) in [5.41, 5.74) is 0. The molecule has 0 saturated heterocycles. The Bertz CT molecular complexity index is 259. The van der Waals surface area contributed by atoms with E-state index in [0.717, 1.165) is 0 Å². The average molecular weight is 172 g/mol. The van der Waals surface area contributed by atoms with Gasteiger partial charge in [-0.25, -0.2) is 0 Å². The van der Waals surface area contributed by atoms with Crippen LogP contribution < -0.4 is 0 Å². The Hall–Kier alpha value is -0.840. The molecular formula is C6H8N2O2S. The first-order valence-electron chi connectivity index (χ1n) is 3.06. The first kappa shape index (κ1) is 8.26. The smallest absolute Gasteiger partial charge is 0.293 e. The van der Waals surface area contributed by atoms with Crippen molar-refractivity contribution in [3.05, 3.63) is 11.7 Å². The maximum atomic E-state index is 10.7. The number of carbonyl (C=O) groups is 1. The number of thioether (sulfide) groups is 1. The molecule has 1 heterocycles. The molecule has 1 aromatic rings. The van der Waals surface area contributed by atoms with E-state index in [-0.39, 0.29) is 11.7 Å². The van der Waals surface area contributed by atoms with E-state index in [1.165, 1.54) is 6.92 Å². The van der Waals surface area contributed by atoms with Crippen LogP contribution in [0.15, 0.2) is 4.52 Å². The minimum Gasteiger partial charge on any atom is -0.331 e. The summed E-state index contributed by atoms with van der Waals surface area (Å²) in [6.45, 7) is 1.40. The normalized spacial score (nSPS) is 10.0. The number of hydrogen-bond donors (Lipinski definition) is 0. The van der Waals surface area contributed by atoms with Gasteiger partial charge in [0, 0.05) is 6.92 Å². The van der Waals surface area contributed by atoms with Crippen LogP contribution in [0.3, 0.4) is 0 Å². The number of carbonyl (C=O) groups excluding carboxylic acids is 1. The van der Waals surface area contributed by atoms with Gasteiger partial charge in [0.25, 0.3) is 5.89 Å². The monoisotopic (exact) mass is 172 g/mol. The standard InChI is InChI=1S/C6H8N2O2S/c1-4(9)6-7-5(3-11-2)8-10-6/h3H2,1-2H3. The largest absolute Gasteiger partial charge is 0.331 e. The molecule has 0 radical (unpaired) electrons. The Labute approximate surface area is 68.4 Å². The van der Waals surface area contributed by atoms with Crippen molar-refractivity contribution in [2.24, 2.45) is 0 Å². The predicted octanol–water partition coefficient (Wildman–Crippen LogP) is 1.14.